The van der Waals surface area contributed by atoms with Gasteiger partial charge in [-0.2, -0.15) is 0 Å². The monoisotopic (exact) mass is 324 g/mol. The molecule has 0 radical (unpaired) electrons. The Morgan fingerprint density at radius 2 is 1.29 bits per heavy atom. The maximum atomic E-state index is 9.71. The van der Waals surface area contributed by atoms with Gasteiger partial charge in [0.15, 0.2) is 0 Å². The average molecular weight is 324 g/mol. The molecule has 1 fully saturated rings. The van der Waals surface area contributed by atoms with Crippen LogP contribution in [0.15, 0.2) is 48.5 Å². The molecule has 1 saturated carbocycles. The third kappa shape index (κ3) is 3.15. The topological polar surface area (TPSA) is 40.5 Å². The Hall–Kier alpha value is -1.96. The molecule has 2 nitrogen and oxygen atoms in total. The van der Waals surface area contributed by atoms with Crippen molar-refractivity contribution >= 4 is 0 Å². The van der Waals surface area contributed by atoms with Gasteiger partial charge in [-0.15, -0.1) is 0 Å². The first-order valence-corrected chi connectivity index (χ1v) is 9.00. The van der Waals surface area contributed by atoms with E-state index in [0.717, 1.165) is 12.8 Å². The molecule has 0 aliphatic heterocycles. The van der Waals surface area contributed by atoms with Crippen LogP contribution < -0.4 is 0 Å². The van der Waals surface area contributed by atoms with Gasteiger partial charge in [0.05, 0.1) is 0 Å². The van der Waals surface area contributed by atoms with Crippen molar-refractivity contribution in [3.05, 3.63) is 59.7 Å². The smallest absolute Gasteiger partial charge is 0.115 e. The van der Waals surface area contributed by atoms with Crippen LogP contribution in [-0.2, 0) is 5.41 Å². The van der Waals surface area contributed by atoms with Crippen LogP contribution in [0.2, 0.25) is 0 Å². The van der Waals surface area contributed by atoms with Gasteiger partial charge in [-0.1, -0.05) is 45.0 Å². The fourth-order valence-corrected chi connectivity index (χ4v) is 4.52. The molecule has 2 aromatic carbocycles. The molecule has 0 amide bonds. The quantitative estimate of drug-likeness (QED) is 0.785. The molecule has 128 valence electrons. The Morgan fingerprint density at radius 3 is 1.71 bits per heavy atom. The number of phenols is 2. The van der Waals surface area contributed by atoms with E-state index in [1.54, 1.807) is 24.3 Å². The molecule has 2 N–H and O–H groups in total. The van der Waals surface area contributed by atoms with E-state index in [9.17, 15) is 10.2 Å². The third-order valence-electron chi connectivity index (χ3n) is 5.80. The van der Waals surface area contributed by atoms with Gasteiger partial charge in [0.1, 0.15) is 11.5 Å². The maximum Gasteiger partial charge on any atom is 0.115 e. The second-order valence-corrected chi connectivity index (χ2v) is 7.93. The molecular formula is C22H28O2. The van der Waals surface area contributed by atoms with E-state index in [4.69, 9.17) is 0 Å². The van der Waals surface area contributed by atoms with Crippen molar-refractivity contribution in [2.24, 2.45) is 17.8 Å². The zero-order valence-corrected chi connectivity index (χ0v) is 14.9. The number of phenolic OH excluding ortho intramolecular Hbond substituents is 2. The van der Waals surface area contributed by atoms with Crippen LogP contribution in [0.4, 0.5) is 0 Å². The van der Waals surface area contributed by atoms with Gasteiger partial charge in [-0.3, -0.25) is 0 Å². The predicted octanol–water partition coefficient (Wildman–Crippen LogP) is 5.48. The first-order chi connectivity index (χ1) is 11.4. The molecule has 0 spiro atoms. The molecule has 1 aliphatic carbocycles. The van der Waals surface area contributed by atoms with E-state index < -0.39 is 0 Å². The van der Waals surface area contributed by atoms with Gasteiger partial charge < -0.3 is 10.2 Å². The minimum absolute atomic E-state index is 0.0476. The molecule has 2 unspecified atom stereocenters. The van der Waals surface area contributed by atoms with Crippen LogP contribution >= 0.6 is 0 Å². The van der Waals surface area contributed by atoms with Gasteiger partial charge in [-0.25, -0.2) is 0 Å². The Morgan fingerprint density at radius 1 is 0.833 bits per heavy atom. The summed E-state index contributed by atoms with van der Waals surface area (Å²) in [5.41, 5.74) is 2.49. The first-order valence-electron chi connectivity index (χ1n) is 9.00. The lowest BCUT2D eigenvalue weighted by molar-refractivity contribution is 0.159. The van der Waals surface area contributed by atoms with Crippen molar-refractivity contribution in [2.45, 2.75) is 45.4 Å². The third-order valence-corrected chi connectivity index (χ3v) is 5.80. The van der Waals surface area contributed by atoms with E-state index in [1.807, 2.05) is 0 Å². The molecule has 0 bridgehead atoms. The Kier molecular flexibility index (Phi) is 4.58. The normalized spacial score (nSPS) is 23.3. The molecular weight excluding hydrogens is 296 g/mol. The fraction of sp³-hybridized carbons (Fsp3) is 0.455. The number of rotatable bonds is 3. The molecule has 2 atom stereocenters. The zero-order valence-electron chi connectivity index (χ0n) is 14.9. The van der Waals surface area contributed by atoms with Crippen molar-refractivity contribution in [1.82, 2.24) is 0 Å². The van der Waals surface area contributed by atoms with Crippen molar-refractivity contribution in [2.75, 3.05) is 0 Å². The summed E-state index contributed by atoms with van der Waals surface area (Å²) in [6.07, 6.45) is 3.49. The summed E-state index contributed by atoms with van der Waals surface area (Å²) in [7, 11) is 0. The molecule has 0 saturated heterocycles. The number of aromatic hydroxyl groups is 2. The van der Waals surface area contributed by atoms with E-state index in [-0.39, 0.29) is 5.41 Å². The van der Waals surface area contributed by atoms with Crippen LogP contribution in [0.1, 0.15) is 51.2 Å². The second kappa shape index (κ2) is 6.51. The molecule has 0 heterocycles. The standard InChI is InChI=1S/C22H28O2/c1-15(2)17-12-16(3)13-22(14-17,18-4-8-20(23)9-5-18)19-6-10-21(24)11-7-19/h4-11,15-17,23-24H,12-14H2,1-3H3. The highest BCUT2D eigenvalue weighted by molar-refractivity contribution is 5.43. The van der Waals surface area contributed by atoms with Crippen molar-refractivity contribution < 1.29 is 10.2 Å². The van der Waals surface area contributed by atoms with E-state index in [2.05, 4.69) is 45.0 Å². The van der Waals surface area contributed by atoms with Crippen molar-refractivity contribution in [3.63, 3.8) is 0 Å². The summed E-state index contributed by atoms with van der Waals surface area (Å²) in [6.45, 7) is 6.99. The van der Waals surface area contributed by atoms with Crippen LogP contribution in [-0.4, -0.2) is 10.2 Å². The lowest BCUT2D eigenvalue weighted by atomic mass is 9.58. The number of hydrogen-bond acceptors (Lipinski definition) is 2. The molecule has 24 heavy (non-hydrogen) atoms. The average Bonchev–Trinajstić information content (AvgIpc) is 2.55. The highest BCUT2D eigenvalue weighted by Gasteiger charge is 2.42. The summed E-state index contributed by atoms with van der Waals surface area (Å²) < 4.78 is 0. The van der Waals surface area contributed by atoms with Gasteiger partial charge in [0.2, 0.25) is 0 Å². The summed E-state index contributed by atoms with van der Waals surface area (Å²) in [6, 6.07) is 15.4. The van der Waals surface area contributed by atoms with Crippen molar-refractivity contribution in [1.29, 1.82) is 0 Å². The first kappa shape index (κ1) is 16.9. The van der Waals surface area contributed by atoms with Crippen molar-refractivity contribution in [3.8, 4) is 11.5 Å². The molecule has 0 aromatic heterocycles. The van der Waals surface area contributed by atoms with E-state index >= 15 is 0 Å². The van der Waals surface area contributed by atoms with E-state index in [1.165, 1.54) is 17.5 Å². The fourth-order valence-electron chi connectivity index (χ4n) is 4.52. The van der Waals surface area contributed by atoms with Gasteiger partial charge in [0.25, 0.3) is 0 Å². The lowest BCUT2D eigenvalue weighted by Crippen LogP contribution is -2.39. The highest BCUT2D eigenvalue weighted by Crippen LogP contribution is 2.50. The molecule has 3 rings (SSSR count). The molecule has 1 aliphatic rings. The summed E-state index contributed by atoms with van der Waals surface area (Å²) in [4.78, 5) is 0. The van der Waals surface area contributed by atoms with Gasteiger partial charge in [-0.05, 0) is 72.4 Å². The summed E-state index contributed by atoms with van der Waals surface area (Å²) in [5.74, 6) is 2.60. The number of benzene rings is 2. The van der Waals surface area contributed by atoms with Gasteiger partial charge in [0, 0.05) is 5.41 Å². The van der Waals surface area contributed by atoms with Crippen LogP contribution in [0, 0.1) is 17.8 Å². The second-order valence-electron chi connectivity index (χ2n) is 7.93. The largest absolute Gasteiger partial charge is 0.508 e. The minimum atomic E-state index is -0.0476. The van der Waals surface area contributed by atoms with Crippen LogP contribution in [0.3, 0.4) is 0 Å². The summed E-state index contributed by atoms with van der Waals surface area (Å²) in [5, 5.41) is 19.4. The summed E-state index contributed by atoms with van der Waals surface area (Å²) >= 11 is 0. The minimum Gasteiger partial charge on any atom is -0.508 e. The Labute approximate surface area is 145 Å². The Bertz CT molecular complexity index is 625. The number of hydrogen-bond donors (Lipinski definition) is 2. The molecule has 2 heteroatoms. The van der Waals surface area contributed by atoms with Crippen LogP contribution in [0.25, 0.3) is 0 Å². The Balaban J connectivity index is 2.12. The van der Waals surface area contributed by atoms with Gasteiger partial charge >= 0.3 is 0 Å². The maximum absolute atomic E-state index is 9.71. The highest BCUT2D eigenvalue weighted by atomic mass is 16.3. The van der Waals surface area contributed by atoms with Crippen LogP contribution in [0.5, 0.6) is 11.5 Å². The lowest BCUT2D eigenvalue weighted by Gasteiger charge is -2.46. The predicted molar refractivity (Wildman–Crippen MR) is 98.3 cm³/mol. The van der Waals surface area contributed by atoms with E-state index in [0.29, 0.717) is 29.3 Å². The SMILES string of the molecule is CC1CC(C(C)C)CC(c2ccc(O)cc2)(c2ccc(O)cc2)C1. The molecule has 2 aromatic rings. The zero-order chi connectivity index (χ0) is 17.3.